The van der Waals surface area contributed by atoms with Gasteiger partial charge >= 0.3 is 5.69 Å². The van der Waals surface area contributed by atoms with E-state index in [4.69, 9.17) is 4.74 Å². The highest BCUT2D eigenvalue weighted by Gasteiger charge is 2.20. The lowest BCUT2D eigenvalue weighted by Gasteiger charge is -2.21. The number of halogens is 1. The topological polar surface area (TPSA) is 72.7 Å². The predicted molar refractivity (Wildman–Crippen MR) is 84.3 cm³/mol. The summed E-state index contributed by atoms with van der Waals surface area (Å²) in [5.41, 5.74) is 0.254. The average Bonchev–Trinajstić information content (AvgIpc) is 2.49. The van der Waals surface area contributed by atoms with Gasteiger partial charge in [0.15, 0.2) is 5.75 Å². The molecule has 0 aromatic heterocycles. The molecule has 0 aliphatic carbocycles. The zero-order chi connectivity index (χ0) is 15.8. The molecule has 0 aliphatic rings. The van der Waals surface area contributed by atoms with Crippen molar-refractivity contribution in [2.75, 3.05) is 25.5 Å². The number of alkyl halides is 1. The van der Waals surface area contributed by atoms with E-state index in [2.05, 4.69) is 22.9 Å². The Morgan fingerprint density at radius 1 is 1.43 bits per heavy atom. The van der Waals surface area contributed by atoms with Crippen molar-refractivity contribution in [3.8, 4) is 5.75 Å². The highest BCUT2D eigenvalue weighted by Crippen LogP contribution is 2.28. The van der Waals surface area contributed by atoms with Gasteiger partial charge in [-0.2, -0.15) is 0 Å². The number of methoxy groups -OCH3 is 1. The Bertz CT molecular complexity index is 508. The minimum Gasteiger partial charge on any atom is -0.490 e. The molecule has 6 nitrogen and oxygen atoms in total. The van der Waals surface area contributed by atoms with Crippen molar-refractivity contribution >= 4 is 27.5 Å². The number of rotatable bonds is 8. The van der Waals surface area contributed by atoms with Crippen LogP contribution in [0.3, 0.4) is 0 Å². The standard InChI is InChI=1S/C14H19BrN2O4/c1-3-4-8-16(9-7-15)14(18)11-5-6-12(17(19)20)13(10-11)21-2/h5-6,10H,3-4,7-9H2,1-2H3. The number of nitro benzene ring substituents is 1. The van der Waals surface area contributed by atoms with Gasteiger partial charge in [0.25, 0.3) is 5.91 Å². The molecular formula is C14H19BrN2O4. The van der Waals surface area contributed by atoms with E-state index in [1.807, 2.05) is 0 Å². The minimum absolute atomic E-state index is 0.0973. The summed E-state index contributed by atoms with van der Waals surface area (Å²) in [7, 11) is 1.35. The fourth-order valence-electron chi connectivity index (χ4n) is 1.91. The van der Waals surface area contributed by atoms with E-state index in [1.54, 1.807) is 4.90 Å². The number of unbranched alkanes of at least 4 members (excludes halogenated alkanes) is 1. The molecule has 1 aromatic carbocycles. The summed E-state index contributed by atoms with van der Waals surface area (Å²) in [6.07, 6.45) is 1.92. The van der Waals surface area contributed by atoms with Gasteiger partial charge in [0, 0.05) is 36.1 Å². The van der Waals surface area contributed by atoms with E-state index in [-0.39, 0.29) is 17.3 Å². The third-order valence-electron chi connectivity index (χ3n) is 3.05. The highest BCUT2D eigenvalue weighted by molar-refractivity contribution is 9.09. The summed E-state index contributed by atoms with van der Waals surface area (Å²) in [4.78, 5) is 24.5. The maximum absolute atomic E-state index is 12.5. The van der Waals surface area contributed by atoms with Gasteiger partial charge in [0.2, 0.25) is 0 Å². The molecule has 0 aliphatic heterocycles. The summed E-state index contributed by atoms with van der Waals surface area (Å²) in [5.74, 6) is -0.0452. The second-order valence-corrected chi connectivity index (χ2v) is 5.27. The van der Waals surface area contributed by atoms with Crippen molar-refractivity contribution in [1.29, 1.82) is 0 Å². The molecule has 116 valence electrons. The molecule has 7 heteroatoms. The quantitative estimate of drug-likeness (QED) is 0.406. The predicted octanol–water partition coefficient (Wildman–Crippen LogP) is 3.24. The molecule has 1 rings (SSSR count). The van der Waals surface area contributed by atoms with Crippen molar-refractivity contribution in [3.63, 3.8) is 0 Å². The molecule has 0 radical (unpaired) electrons. The number of nitro groups is 1. The molecule has 1 amide bonds. The SMILES string of the molecule is CCCCN(CCBr)C(=O)c1ccc([N+](=O)[O-])c(OC)c1. The maximum Gasteiger partial charge on any atom is 0.310 e. The molecular weight excluding hydrogens is 340 g/mol. The van der Waals surface area contributed by atoms with Crippen LogP contribution < -0.4 is 4.74 Å². The van der Waals surface area contributed by atoms with Gasteiger partial charge in [0.05, 0.1) is 12.0 Å². The molecule has 0 spiro atoms. The first kappa shape index (κ1) is 17.4. The summed E-state index contributed by atoms with van der Waals surface area (Å²) in [5, 5.41) is 11.6. The number of amides is 1. The van der Waals surface area contributed by atoms with Crippen LogP contribution >= 0.6 is 15.9 Å². The Labute approximate surface area is 132 Å². The first-order valence-corrected chi connectivity index (χ1v) is 7.85. The number of benzene rings is 1. The van der Waals surface area contributed by atoms with Gasteiger partial charge in [-0.15, -0.1) is 0 Å². The summed E-state index contributed by atoms with van der Waals surface area (Å²) in [6, 6.07) is 4.20. The van der Waals surface area contributed by atoms with Gasteiger partial charge in [-0.3, -0.25) is 14.9 Å². The molecule has 0 N–H and O–H groups in total. The van der Waals surface area contributed by atoms with E-state index < -0.39 is 4.92 Å². The van der Waals surface area contributed by atoms with Gasteiger partial charge < -0.3 is 9.64 Å². The lowest BCUT2D eigenvalue weighted by molar-refractivity contribution is -0.385. The van der Waals surface area contributed by atoms with Crippen molar-refractivity contribution in [2.45, 2.75) is 19.8 Å². The van der Waals surface area contributed by atoms with E-state index in [0.717, 1.165) is 12.8 Å². The van der Waals surface area contributed by atoms with Crippen LogP contribution in [-0.4, -0.2) is 41.3 Å². The molecule has 0 heterocycles. The molecule has 0 saturated heterocycles. The van der Waals surface area contributed by atoms with Crippen LogP contribution in [0.1, 0.15) is 30.1 Å². The van der Waals surface area contributed by atoms with Crippen molar-refractivity contribution in [2.24, 2.45) is 0 Å². The lowest BCUT2D eigenvalue weighted by atomic mass is 10.1. The molecule has 0 saturated carbocycles. The second kappa shape index (κ2) is 8.61. The molecule has 21 heavy (non-hydrogen) atoms. The first-order valence-electron chi connectivity index (χ1n) is 6.72. The van der Waals surface area contributed by atoms with Crippen LogP contribution in [0.5, 0.6) is 5.75 Å². The normalized spacial score (nSPS) is 10.2. The molecule has 0 unspecified atom stereocenters. The zero-order valence-electron chi connectivity index (χ0n) is 12.2. The number of carbonyl (C=O) groups excluding carboxylic acids is 1. The van der Waals surface area contributed by atoms with Gasteiger partial charge in [-0.05, 0) is 12.5 Å². The summed E-state index contributed by atoms with van der Waals surface area (Å²) < 4.78 is 5.00. The van der Waals surface area contributed by atoms with Gasteiger partial charge in [-0.25, -0.2) is 0 Å². The number of carbonyl (C=O) groups is 1. The van der Waals surface area contributed by atoms with Crippen LogP contribution in [0.2, 0.25) is 0 Å². The number of nitrogens with zero attached hydrogens (tertiary/aromatic N) is 2. The Balaban J connectivity index is 3.01. The van der Waals surface area contributed by atoms with E-state index in [1.165, 1.54) is 25.3 Å². The van der Waals surface area contributed by atoms with Crippen molar-refractivity contribution in [3.05, 3.63) is 33.9 Å². The fraction of sp³-hybridized carbons (Fsp3) is 0.500. The summed E-state index contributed by atoms with van der Waals surface area (Å²) in [6.45, 7) is 3.32. The van der Waals surface area contributed by atoms with Crippen molar-refractivity contribution < 1.29 is 14.5 Å². The third kappa shape index (κ3) is 4.70. The third-order valence-corrected chi connectivity index (χ3v) is 3.40. The molecule has 0 atom stereocenters. The zero-order valence-corrected chi connectivity index (χ0v) is 13.8. The smallest absolute Gasteiger partial charge is 0.310 e. The molecule has 0 bridgehead atoms. The molecule has 1 aromatic rings. The van der Waals surface area contributed by atoms with Crippen LogP contribution in [0.4, 0.5) is 5.69 Å². The van der Waals surface area contributed by atoms with Crippen LogP contribution in [0.25, 0.3) is 0 Å². The Morgan fingerprint density at radius 2 is 2.14 bits per heavy atom. The number of hydrogen-bond acceptors (Lipinski definition) is 4. The van der Waals surface area contributed by atoms with Crippen LogP contribution in [-0.2, 0) is 0 Å². The maximum atomic E-state index is 12.5. The molecule has 0 fully saturated rings. The van der Waals surface area contributed by atoms with Crippen LogP contribution in [0, 0.1) is 10.1 Å². The Kier molecular flexibility index (Phi) is 7.14. The average molecular weight is 359 g/mol. The first-order chi connectivity index (χ1) is 10.0. The van der Waals surface area contributed by atoms with Gasteiger partial charge in [0.1, 0.15) is 0 Å². The lowest BCUT2D eigenvalue weighted by Crippen LogP contribution is -2.33. The monoisotopic (exact) mass is 358 g/mol. The Morgan fingerprint density at radius 3 is 2.67 bits per heavy atom. The second-order valence-electron chi connectivity index (χ2n) is 4.48. The minimum atomic E-state index is -0.527. The van der Waals surface area contributed by atoms with Crippen LogP contribution in [0.15, 0.2) is 18.2 Å². The van der Waals surface area contributed by atoms with E-state index in [9.17, 15) is 14.9 Å². The van der Waals surface area contributed by atoms with E-state index >= 15 is 0 Å². The largest absolute Gasteiger partial charge is 0.490 e. The number of hydrogen-bond donors (Lipinski definition) is 0. The Hall–Kier alpha value is -1.63. The van der Waals surface area contributed by atoms with Crippen molar-refractivity contribution in [1.82, 2.24) is 4.90 Å². The highest BCUT2D eigenvalue weighted by atomic mass is 79.9. The fourth-order valence-corrected chi connectivity index (χ4v) is 2.34. The van der Waals surface area contributed by atoms with E-state index in [0.29, 0.717) is 24.0 Å². The van der Waals surface area contributed by atoms with Gasteiger partial charge in [-0.1, -0.05) is 29.3 Å². The summed E-state index contributed by atoms with van der Waals surface area (Å²) >= 11 is 3.33. The number of ether oxygens (including phenoxy) is 1.